The second kappa shape index (κ2) is 9.08. The van der Waals surface area contributed by atoms with Crippen LogP contribution in [-0.4, -0.2) is 17.0 Å². The number of benzene rings is 2. The van der Waals surface area contributed by atoms with Crippen LogP contribution in [0.3, 0.4) is 0 Å². The van der Waals surface area contributed by atoms with Crippen molar-refractivity contribution < 1.29 is 4.42 Å². The minimum Gasteiger partial charge on any atom is -0.408 e. The zero-order valence-electron chi connectivity index (χ0n) is 13.9. The van der Waals surface area contributed by atoms with Crippen molar-refractivity contribution in [3.05, 3.63) is 58.6 Å². The van der Waals surface area contributed by atoms with Gasteiger partial charge in [-0.1, -0.05) is 42.3 Å². The average molecular weight is 356 g/mol. The molecule has 0 amide bonds. The number of nitriles is 1. The Morgan fingerprint density at radius 2 is 1.88 bits per heavy atom. The molecule has 0 atom stereocenters. The fourth-order valence-electron chi connectivity index (χ4n) is 2.50. The van der Waals surface area contributed by atoms with E-state index < -0.39 is 0 Å². The Morgan fingerprint density at radius 3 is 2.56 bits per heavy atom. The lowest BCUT2D eigenvalue weighted by molar-refractivity contribution is 0.528. The van der Waals surface area contributed by atoms with Gasteiger partial charge in [0.1, 0.15) is 0 Å². The van der Waals surface area contributed by atoms with Crippen LogP contribution in [0.4, 0.5) is 0 Å². The Hall–Kier alpha value is -2.53. The fraction of sp³-hybridized carbons (Fsp3) is 0.222. The summed E-state index contributed by atoms with van der Waals surface area (Å²) in [7, 11) is 1.72. The molecular formula is C18H20N4O2S. The first-order valence-electron chi connectivity index (χ1n) is 7.68. The van der Waals surface area contributed by atoms with Gasteiger partial charge in [-0.3, -0.25) is 9.29 Å². The van der Waals surface area contributed by atoms with Gasteiger partial charge in [-0.25, -0.2) is 10.1 Å². The number of nitrogens with one attached hydrogen (secondary N) is 1. The molecule has 3 rings (SSSR count). The van der Waals surface area contributed by atoms with Gasteiger partial charge >= 0.3 is 5.76 Å². The van der Waals surface area contributed by atoms with Crippen LogP contribution < -0.4 is 16.2 Å². The molecule has 1 aromatic heterocycles. The molecule has 130 valence electrons. The minimum absolute atomic E-state index is 0.338. The largest absolute Gasteiger partial charge is 0.419 e. The van der Waals surface area contributed by atoms with E-state index in [-0.39, 0.29) is 5.76 Å². The lowest BCUT2D eigenvalue weighted by atomic mass is 10.0. The maximum Gasteiger partial charge on any atom is 0.419 e. The van der Waals surface area contributed by atoms with Gasteiger partial charge in [0.05, 0.1) is 11.4 Å². The van der Waals surface area contributed by atoms with Crippen molar-refractivity contribution in [2.45, 2.75) is 6.42 Å². The number of oxazole rings is 1. The van der Waals surface area contributed by atoms with Crippen LogP contribution >= 0.6 is 11.9 Å². The second-order valence-electron chi connectivity index (χ2n) is 5.26. The van der Waals surface area contributed by atoms with Gasteiger partial charge < -0.3 is 10.2 Å². The van der Waals surface area contributed by atoms with E-state index in [1.807, 2.05) is 18.2 Å². The van der Waals surface area contributed by atoms with E-state index in [9.17, 15) is 4.79 Å². The molecule has 0 bridgehead atoms. The molecule has 0 unspecified atom stereocenters. The lowest BCUT2D eigenvalue weighted by Gasteiger charge is -2.06. The lowest BCUT2D eigenvalue weighted by Crippen LogP contribution is -2.11. The topological polar surface area (TPSA) is 97.0 Å². The number of aryl methyl sites for hydroxylation is 1. The number of fused-ring (bicyclic) bond motifs is 1. The number of nitrogens with zero attached hydrogens (tertiary/aromatic N) is 2. The van der Waals surface area contributed by atoms with Crippen molar-refractivity contribution in [2.75, 3.05) is 12.4 Å². The zero-order valence-corrected chi connectivity index (χ0v) is 14.8. The molecule has 1 heterocycles. The molecule has 3 N–H and O–H groups in total. The molecule has 0 spiro atoms. The summed E-state index contributed by atoms with van der Waals surface area (Å²) in [4.78, 5) is 11.6. The van der Waals surface area contributed by atoms with Crippen molar-refractivity contribution in [3.8, 4) is 17.7 Å². The summed E-state index contributed by atoms with van der Waals surface area (Å²) in [6, 6.07) is 14.3. The number of hydrogen-bond donors (Lipinski definition) is 2. The van der Waals surface area contributed by atoms with Gasteiger partial charge in [0.15, 0.2) is 5.58 Å². The number of nitrogens with two attached hydrogens (primary N) is 1. The monoisotopic (exact) mass is 356 g/mol. The standard InChI is InChI=1S/C17H19N3O2S.CHN/c1-20-15-10-14(6-7-16(15)22-17(20)21)13-4-2-12(3-5-13)8-9-19-23-11-18;1-2/h2-7,10,19H,8-9,11,18H2,1H3;1H. The van der Waals surface area contributed by atoms with E-state index in [2.05, 4.69) is 35.6 Å². The van der Waals surface area contributed by atoms with E-state index in [0.29, 0.717) is 11.5 Å². The smallest absolute Gasteiger partial charge is 0.408 e. The molecule has 0 radical (unpaired) electrons. The third kappa shape index (κ3) is 4.51. The van der Waals surface area contributed by atoms with Crippen molar-refractivity contribution in [1.82, 2.24) is 9.29 Å². The van der Waals surface area contributed by atoms with Gasteiger partial charge in [-0.15, -0.1) is 0 Å². The molecule has 6 nitrogen and oxygen atoms in total. The number of aromatic nitrogens is 1. The molecule has 0 saturated carbocycles. The fourth-order valence-corrected chi connectivity index (χ4v) is 2.86. The maximum atomic E-state index is 11.6. The third-order valence-electron chi connectivity index (χ3n) is 3.78. The maximum absolute atomic E-state index is 11.6. The molecule has 3 aromatic rings. The quantitative estimate of drug-likeness (QED) is 0.400. The Bertz CT molecular complexity index is 897. The predicted molar refractivity (Wildman–Crippen MR) is 102 cm³/mol. The van der Waals surface area contributed by atoms with E-state index in [1.54, 1.807) is 7.05 Å². The molecule has 25 heavy (non-hydrogen) atoms. The Kier molecular flexibility index (Phi) is 6.83. The summed E-state index contributed by atoms with van der Waals surface area (Å²) in [5.74, 6) is 0.244. The minimum atomic E-state index is -0.338. The molecule has 0 aliphatic heterocycles. The van der Waals surface area contributed by atoms with Crippen LogP contribution in [0.1, 0.15) is 5.56 Å². The highest BCUT2D eigenvalue weighted by Crippen LogP contribution is 2.24. The molecule has 0 aliphatic rings. The summed E-state index contributed by atoms with van der Waals surface area (Å²) in [5.41, 5.74) is 10.3. The van der Waals surface area contributed by atoms with Crippen molar-refractivity contribution in [2.24, 2.45) is 12.8 Å². The van der Waals surface area contributed by atoms with Crippen molar-refractivity contribution >= 4 is 23.0 Å². The van der Waals surface area contributed by atoms with Gasteiger partial charge in [-0.05, 0) is 35.2 Å². The van der Waals surface area contributed by atoms with Crippen LogP contribution in [-0.2, 0) is 13.5 Å². The third-order valence-corrected chi connectivity index (χ3v) is 4.35. The van der Waals surface area contributed by atoms with Crippen LogP contribution in [0.2, 0.25) is 0 Å². The van der Waals surface area contributed by atoms with E-state index in [1.165, 1.54) is 22.1 Å². The van der Waals surface area contributed by atoms with Crippen LogP contribution in [0, 0.1) is 11.8 Å². The van der Waals surface area contributed by atoms with E-state index >= 15 is 0 Å². The number of hydrogen-bond acceptors (Lipinski definition) is 6. The summed E-state index contributed by atoms with van der Waals surface area (Å²) >= 11 is 1.52. The summed E-state index contributed by atoms with van der Waals surface area (Å²) < 4.78 is 9.89. The SMILES string of the molecule is C#N.Cn1c(=O)oc2ccc(-c3ccc(CCNSCN)cc3)cc21. The molecule has 0 aliphatic carbocycles. The molecule has 2 aromatic carbocycles. The van der Waals surface area contributed by atoms with E-state index in [4.69, 9.17) is 15.4 Å². The van der Waals surface area contributed by atoms with Crippen molar-refractivity contribution in [1.29, 1.82) is 5.26 Å². The average Bonchev–Trinajstić information content (AvgIpc) is 2.95. The zero-order chi connectivity index (χ0) is 18.2. The predicted octanol–water partition coefficient (Wildman–Crippen LogP) is 2.63. The molecule has 0 fully saturated rings. The normalized spacial score (nSPS) is 10.4. The second-order valence-corrected chi connectivity index (χ2v) is 6.17. The van der Waals surface area contributed by atoms with E-state index in [0.717, 1.165) is 29.6 Å². The summed E-state index contributed by atoms with van der Waals surface area (Å²) in [6.45, 7) is 4.39. The Labute approximate surface area is 150 Å². The van der Waals surface area contributed by atoms with Crippen molar-refractivity contribution in [3.63, 3.8) is 0 Å². The number of rotatable bonds is 6. The Morgan fingerprint density at radius 1 is 1.20 bits per heavy atom. The summed E-state index contributed by atoms with van der Waals surface area (Å²) in [6.07, 6.45) is 0.961. The van der Waals surface area contributed by atoms with Gasteiger partial charge in [0, 0.05) is 20.2 Å². The first kappa shape index (κ1) is 18.8. The molecular weight excluding hydrogens is 336 g/mol. The highest BCUT2D eigenvalue weighted by Gasteiger charge is 2.07. The van der Waals surface area contributed by atoms with Gasteiger partial charge in [0.25, 0.3) is 0 Å². The molecule has 0 saturated heterocycles. The van der Waals surface area contributed by atoms with Crippen LogP contribution in [0.5, 0.6) is 0 Å². The highest BCUT2D eigenvalue weighted by atomic mass is 32.2. The first-order valence-corrected chi connectivity index (χ1v) is 8.67. The summed E-state index contributed by atoms with van der Waals surface area (Å²) in [5, 5.41) is 6.50. The van der Waals surface area contributed by atoms with Crippen LogP contribution in [0.15, 0.2) is 51.7 Å². The van der Waals surface area contributed by atoms with Gasteiger partial charge in [-0.2, -0.15) is 0 Å². The molecule has 7 heteroatoms. The Balaban J connectivity index is 0.00000109. The first-order chi connectivity index (χ1) is 12.2. The highest BCUT2D eigenvalue weighted by molar-refractivity contribution is 7.97. The van der Waals surface area contributed by atoms with Crippen LogP contribution in [0.25, 0.3) is 22.2 Å². The van der Waals surface area contributed by atoms with Gasteiger partial charge in [0.2, 0.25) is 0 Å².